The summed E-state index contributed by atoms with van der Waals surface area (Å²) >= 11 is 1.04. The van der Waals surface area contributed by atoms with Crippen LogP contribution < -0.4 is 19.7 Å². The third-order valence-corrected chi connectivity index (χ3v) is 7.55. The summed E-state index contributed by atoms with van der Waals surface area (Å²) in [7, 11) is 4.05. The molecule has 1 aliphatic heterocycles. The maximum atomic E-state index is 11.8. The summed E-state index contributed by atoms with van der Waals surface area (Å²) < 4.78 is 14.3. The molecule has 1 aromatic heterocycles. The number of aryl methyl sites for hydroxylation is 1. The van der Waals surface area contributed by atoms with Crippen molar-refractivity contribution in [1.82, 2.24) is 14.9 Å². The van der Waals surface area contributed by atoms with E-state index in [-0.39, 0.29) is 16.4 Å². The molecule has 1 aliphatic rings. The number of imidazole rings is 1. The van der Waals surface area contributed by atoms with Gasteiger partial charge in [0, 0.05) is 26.7 Å². The molecule has 2 amide bonds. The van der Waals surface area contributed by atoms with Crippen LogP contribution in [-0.2, 0) is 24.9 Å². The second-order valence-electron chi connectivity index (χ2n) is 10.1. The van der Waals surface area contributed by atoms with E-state index >= 15 is 0 Å². The zero-order valence-electron chi connectivity index (χ0n) is 22.5. The topological polar surface area (TPSA) is 85.7 Å². The molecule has 9 heteroatoms. The van der Waals surface area contributed by atoms with E-state index in [0.29, 0.717) is 24.7 Å². The van der Waals surface area contributed by atoms with E-state index in [2.05, 4.69) is 37.2 Å². The number of nitrogens with one attached hydrogen (secondary N) is 1. The van der Waals surface area contributed by atoms with Crippen LogP contribution in [0.4, 0.5) is 10.5 Å². The van der Waals surface area contributed by atoms with Crippen molar-refractivity contribution in [2.75, 3.05) is 18.5 Å². The monoisotopic (exact) mass is 544 g/mol. The summed E-state index contributed by atoms with van der Waals surface area (Å²) in [5.41, 5.74) is 3.84. The first-order chi connectivity index (χ1) is 18.8. The molecule has 5 rings (SSSR count). The number of rotatable bonds is 10. The fourth-order valence-corrected chi connectivity index (χ4v) is 5.52. The van der Waals surface area contributed by atoms with Gasteiger partial charge in [-0.25, -0.2) is 4.98 Å². The van der Waals surface area contributed by atoms with Gasteiger partial charge in [-0.3, -0.25) is 14.9 Å². The van der Waals surface area contributed by atoms with E-state index < -0.39 is 0 Å². The van der Waals surface area contributed by atoms with Crippen molar-refractivity contribution in [1.29, 1.82) is 0 Å². The van der Waals surface area contributed by atoms with Gasteiger partial charge in [-0.2, -0.15) is 0 Å². The summed E-state index contributed by atoms with van der Waals surface area (Å²) in [5.74, 6) is 3.36. The van der Waals surface area contributed by atoms with Gasteiger partial charge in [-0.15, -0.1) is 0 Å². The normalized spacial score (nSPS) is 15.2. The zero-order chi connectivity index (χ0) is 27.5. The third kappa shape index (κ3) is 6.20. The average Bonchev–Trinajstić information content (AvgIpc) is 3.40. The van der Waals surface area contributed by atoms with E-state index in [1.54, 1.807) is 0 Å². The summed E-state index contributed by atoms with van der Waals surface area (Å²) in [4.78, 5) is 30.2. The number of benzene rings is 3. The number of fused-ring (bicyclic) bond motifs is 1. The lowest BCUT2D eigenvalue weighted by Gasteiger charge is -2.24. The number of carbonyl (C=O) groups excluding carboxylic acids is 2. The molecule has 3 aromatic carbocycles. The molecule has 0 radical (unpaired) electrons. The van der Waals surface area contributed by atoms with Gasteiger partial charge in [0.05, 0.1) is 22.0 Å². The highest BCUT2D eigenvalue weighted by Gasteiger charge is 2.31. The number of aromatic nitrogens is 2. The second-order valence-corrected chi connectivity index (χ2v) is 11.3. The molecule has 1 unspecified atom stereocenters. The van der Waals surface area contributed by atoms with E-state index in [1.807, 2.05) is 72.3 Å². The summed E-state index contributed by atoms with van der Waals surface area (Å²) in [6, 6.07) is 21.6. The van der Waals surface area contributed by atoms with E-state index in [9.17, 15) is 9.59 Å². The molecule has 39 heavy (non-hydrogen) atoms. The van der Waals surface area contributed by atoms with Crippen LogP contribution in [0.1, 0.15) is 25.2 Å². The maximum Gasteiger partial charge on any atom is 0.286 e. The lowest BCUT2D eigenvalue weighted by Crippen LogP contribution is -2.25. The van der Waals surface area contributed by atoms with Gasteiger partial charge in [0.1, 0.15) is 23.9 Å². The van der Waals surface area contributed by atoms with Crippen LogP contribution in [0.25, 0.3) is 11.0 Å². The molecule has 1 N–H and O–H groups in total. The number of imide groups is 1. The Balaban J connectivity index is 1.25. The fraction of sp³-hybridized carbons (Fsp3) is 0.300. The van der Waals surface area contributed by atoms with Crippen molar-refractivity contribution in [3.8, 4) is 17.2 Å². The Kier molecular flexibility index (Phi) is 7.79. The van der Waals surface area contributed by atoms with E-state index in [1.165, 1.54) is 0 Å². The van der Waals surface area contributed by atoms with Crippen molar-refractivity contribution in [3.63, 3.8) is 0 Å². The first kappa shape index (κ1) is 26.6. The molecule has 0 bridgehead atoms. The Bertz CT molecular complexity index is 1500. The van der Waals surface area contributed by atoms with Gasteiger partial charge in [-0.1, -0.05) is 49.9 Å². The number of amides is 2. The number of thioether (sulfide) groups is 1. The van der Waals surface area contributed by atoms with Gasteiger partial charge in [0.15, 0.2) is 5.75 Å². The van der Waals surface area contributed by atoms with E-state index in [4.69, 9.17) is 14.5 Å². The van der Waals surface area contributed by atoms with Crippen LogP contribution in [0.15, 0.2) is 66.7 Å². The number of para-hydroxylation sites is 2. The number of nitrogens with zero attached hydrogens (tertiary/aromatic N) is 3. The zero-order valence-corrected chi connectivity index (χ0v) is 23.3. The molecular weight excluding hydrogens is 512 g/mol. The standard InChI is InChI=1S/C30H32N4O4S/c1-19(2)17-33(3)24-7-5-6-8-26(24)38-22-13-14-23-25(16-22)34(4)28(31-23)18-37-21-11-9-20(10-12-21)15-27-29(35)32-30(36)39-27/h5-14,16,19,27H,15,17-18H2,1-4H3,(H,32,35,36). The first-order valence-corrected chi connectivity index (χ1v) is 13.8. The molecule has 202 valence electrons. The van der Waals surface area contributed by atoms with Crippen molar-refractivity contribution in [3.05, 3.63) is 78.1 Å². The van der Waals surface area contributed by atoms with Crippen LogP contribution in [0.3, 0.4) is 0 Å². The number of ether oxygens (including phenoxy) is 2. The third-order valence-electron chi connectivity index (χ3n) is 6.57. The van der Waals surface area contributed by atoms with Crippen molar-refractivity contribution in [2.24, 2.45) is 13.0 Å². The van der Waals surface area contributed by atoms with Crippen molar-refractivity contribution in [2.45, 2.75) is 32.1 Å². The van der Waals surface area contributed by atoms with Gasteiger partial charge in [-0.05, 0) is 54.3 Å². The summed E-state index contributed by atoms with van der Waals surface area (Å²) in [5, 5.41) is 1.65. The molecule has 0 aliphatic carbocycles. The highest BCUT2D eigenvalue weighted by Crippen LogP contribution is 2.33. The molecule has 4 aromatic rings. The largest absolute Gasteiger partial charge is 0.486 e. The Labute approximate surface area is 232 Å². The highest BCUT2D eigenvalue weighted by molar-refractivity contribution is 8.15. The van der Waals surface area contributed by atoms with Crippen molar-refractivity contribution >= 4 is 39.6 Å². The Morgan fingerprint density at radius 2 is 1.79 bits per heavy atom. The Morgan fingerprint density at radius 1 is 1.05 bits per heavy atom. The van der Waals surface area contributed by atoms with Crippen LogP contribution in [-0.4, -0.2) is 39.5 Å². The predicted molar refractivity (Wildman–Crippen MR) is 155 cm³/mol. The van der Waals surface area contributed by atoms with Gasteiger partial charge in [0.2, 0.25) is 5.91 Å². The minimum absolute atomic E-state index is 0.233. The van der Waals surface area contributed by atoms with Gasteiger partial charge < -0.3 is 18.9 Å². The summed E-state index contributed by atoms with van der Waals surface area (Å²) in [6.45, 7) is 5.65. The van der Waals surface area contributed by atoms with Crippen LogP contribution in [0.5, 0.6) is 17.2 Å². The number of hydrogen-bond donors (Lipinski definition) is 1. The average molecular weight is 545 g/mol. The minimum atomic E-state index is -0.382. The molecule has 1 saturated heterocycles. The minimum Gasteiger partial charge on any atom is -0.486 e. The molecular formula is C30H32N4O4S. The van der Waals surface area contributed by atoms with Crippen LogP contribution in [0, 0.1) is 5.92 Å². The second kappa shape index (κ2) is 11.4. The fourth-order valence-electron chi connectivity index (χ4n) is 4.66. The van der Waals surface area contributed by atoms with E-state index in [0.717, 1.165) is 57.9 Å². The summed E-state index contributed by atoms with van der Waals surface area (Å²) in [6.07, 6.45) is 0.496. The number of anilines is 1. The SMILES string of the molecule is CC(C)CN(C)c1ccccc1Oc1ccc2nc(COc3ccc(CC4SC(=O)NC4=O)cc3)n(C)c2c1. The van der Waals surface area contributed by atoms with Crippen molar-refractivity contribution < 1.29 is 19.1 Å². The van der Waals surface area contributed by atoms with Crippen LogP contribution in [0.2, 0.25) is 0 Å². The first-order valence-electron chi connectivity index (χ1n) is 12.9. The lowest BCUT2D eigenvalue weighted by molar-refractivity contribution is -0.118. The van der Waals surface area contributed by atoms with Crippen LogP contribution >= 0.6 is 11.8 Å². The number of hydrogen-bond acceptors (Lipinski definition) is 7. The highest BCUT2D eigenvalue weighted by atomic mass is 32.2. The Morgan fingerprint density at radius 3 is 2.51 bits per heavy atom. The molecule has 8 nitrogen and oxygen atoms in total. The van der Waals surface area contributed by atoms with Gasteiger partial charge >= 0.3 is 0 Å². The molecule has 2 heterocycles. The smallest absolute Gasteiger partial charge is 0.286 e. The molecule has 1 fully saturated rings. The van der Waals surface area contributed by atoms with Gasteiger partial charge in [0.25, 0.3) is 5.24 Å². The number of carbonyl (C=O) groups is 2. The molecule has 0 spiro atoms. The lowest BCUT2D eigenvalue weighted by atomic mass is 10.1. The maximum absolute atomic E-state index is 11.8. The predicted octanol–water partition coefficient (Wildman–Crippen LogP) is 5.93. The quantitative estimate of drug-likeness (QED) is 0.265. The molecule has 0 saturated carbocycles. The molecule has 1 atom stereocenters. The Hall–Kier alpha value is -3.98.